The number of aryl methyl sites for hydroxylation is 2. The second-order valence-electron chi connectivity index (χ2n) is 8.33. The summed E-state index contributed by atoms with van der Waals surface area (Å²) in [5.41, 5.74) is 4.74. The lowest BCUT2D eigenvalue weighted by atomic mass is 10.0. The van der Waals surface area contributed by atoms with Crippen LogP contribution in [0.15, 0.2) is 24.4 Å². The first-order valence-electron chi connectivity index (χ1n) is 9.30. The van der Waals surface area contributed by atoms with E-state index in [9.17, 15) is 4.79 Å². The predicted molar refractivity (Wildman–Crippen MR) is 106 cm³/mol. The van der Waals surface area contributed by atoms with Crippen LogP contribution in [0.2, 0.25) is 0 Å². The van der Waals surface area contributed by atoms with Crippen molar-refractivity contribution in [1.82, 2.24) is 14.9 Å². The summed E-state index contributed by atoms with van der Waals surface area (Å²) < 4.78 is 5.54. The van der Waals surface area contributed by atoms with Crippen molar-refractivity contribution in [2.75, 3.05) is 5.32 Å². The molecule has 0 saturated heterocycles. The molecule has 0 bridgehead atoms. The van der Waals surface area contributed by atoms with Crippen LogP contribution in [0.25, 0.3) is 0 Å². The number of benzene rings is 1. The van der Waals surface area contributed by atoms with Gasteiger partial charge in [0, 0.05) is 17.9 Å². The molecule has 0 radical (unpaired) electrons. The number of amides is 1. The van der Waals surface area contributed by atoms with Gasteiger partial charge in [0.15, 0.2) is 0 Å². The van der Waals surface area contributed by atoms with Gasteiger partial charge in [-0.05, 0) is 76.8 Å². The summed E-state index contributed by atoms with van der Waals surface area (Å²) in [5.74, 6) is 0.539. The zero-order chi connectivity index (χ0) is 19.8. The Bertz CT molecular complexity index is 837. The molecule has 0 aliphatic carbocycles. The number of carbonyl (C=O) groups is 1. The molecular weight excluding hydrogens is 340 g/mol. The van der Waals surface area contributed by atoms with E-state index in [4.69, 9.17) is 4.74 Å². The molecule has 0 fully saturated rings. The fraction of sp³-hybridized carbons (Fsp3) is 0.476. The summed E-state index contributed by atoms with van der Waals surface area (Å²) in [4.78, 5) is 23.4. The van der Waals surface area contributed by atoms with E-state index in [1.54, 1.807) is 4.90 Å². The minimum absolute atomic E-state index is 0.0502. The molecule has 1 N–H and O–H groups in total. The highest BCUT2D eigenvalue weighted by Gasteiger charge is 2.31. The predicted octanol–water partition coefficient (Wildman–Crippen LogP) is 4.52. The number of ether oxygens (including phenoxy) is 1. The van der Waals surface area contributed by atoms with E-state index in [1.807, 2.05) is 33.9 Å². The molecule has 1 unspecified atom stereocenters. The Balaban J connectivity index is 1.80. The third-order valence-corrected chi connectivity index (χ3v) is 4.43. The molecule has 1 aliphatic rings. The largest absolute Gasteiger partial charge is 0.444 e. The molecule has 1 amide bonds. The average molecular weight is 368 g/mol. The van der Waals surface area contributed by atoms with Gasteiger partial charge in [-0.25, -0.2) is 14.8 Å². The van der Waals surface area contributed by atoms with Crippen LogP contribution in [0.3, 0.4) is 0 Å². The van der Waals surface area contributed by atoms with Crippen LogP contribution in [-0.2, 0) is 17.7 Å². The van der Waals surface area contributed by atoms with Crippen LogP contribution in [0.5, 0.6) is 0 Å². The third kappa shape index (κ3) is 4.76. The molecule has 0 spiro atoms. The number of hydrogen-bond acceptors (Lipinski definition) is 5. The monoisotopic (exact) mass is 368 g/mol. The highest BCUT2D eigenvalue weighted by Crippen LogP contribution is 2.25. The molecule has 1 aromatic carbocycles. The van der Waals surface area contributed by atoms with E-state index in [0.29, 0.717) is 12.5 Å². The Labute approximate surface area is 161 Å². The number of nitrogens with one attached hydrogen (secondary N) is 1. The maximum absolute atomic E-state index is 12.5. The zero-order valence-corrected chi connectivity index (χ0v) is 17.0. The Hall–Kier alpha value is -2.63. The van der Waals surface area contributed by atoms with E-state index < -0.39 is 5.60 Å². The molecule has 6 nitrogen and oxygen atoms in total. The van der Waals surface area contributed by atoms with Gasteiger partial charge in [0.25, 0.3) is 0 Å². The second-order valence-corrected chi connectivity index (χ2v) is 8.33. The third-order valence-electron chi connectivity index (χ3n) is 4.43. The van der Waals surface area contributed by atoms with Crippen LogP contribution >= 0.6 is 0 Å². The SMILES string of the molecule is Cc1cc(C)cc(Nc2ncc3c(n2)CN(C(=O)OC(C)(C)C)C(C)C3)c1. The van der Waals surface area contributed by atoms with Crippen molar-refractivity contribution in [2.45, 2.75) is 66.2 Å². The van der Waals surface area contributed by atoms with E-state index in [-0.39, 0.29) is 12.1 Å². The van der Waals surface area contributed by atoms with Crippen LogP contribution in [0, 0.1) is 13.8 Å². The molecule has 2 heterocycles. The second kappa shape index (κ2) is 7.18. The first-order valence-corrected chi connectivity index (χ1v) is 9.30. The number of anilines is 2. The highest BCUT2D eigenvalue weighted by atomic mass is 16.6. The number of rotatable bonds is 2. The summed E-state index contributed by atoms with van der Waals surface area (Å²) in [6.07, 6.45) is 2.28. The number of carbonyl (C=O) groups excluding carboxylic acids is 1. The average Bonchev–Trinajstić information content (AvgIpc) is 2.51. The summed E-state index contributed by atoms with van der Waals surface area (Å²) in [6.45, 7) is 12.2. The molecular formula is C21H28N4O2. The normalized spacial score (nSPS) is 16.7. The summed E-state index contributed by atoms with van der Waals surface area (Å²) in [5, 5.41) is 3.27. The molecule has 1 atom stereocenters. The lowest BCUT2D eigenvalue weighted by molar-refractivity contribution is 0.0134. The molecule has 0 saturated carbocycles. The van der Waals surface area contributed by atoms with Gasteiger partial charge in [-0.15, -0.1) is 0 Å². The van der Waals surface area contributed by atoms with Gasteiger partial charge < -0.3 is 10.1 Å². The maximum atomic E-state index is 12.5. The van der Waals surface area contributed by atoms with Crippen molar-refractivity contribution in [3.8, 4) is 0 Å². The summed E-state index contributed by atoms with van der Waals surface area (Å²) in [7, 11) is 0. The smallest absolute Gasteiger partial charge is 0.410 e. The Morgan fingerprint density at radius 1 is 1.22 bits per heavy atom. The van der Waals surface area contributed by atoms with Crippen LogP contribution < -0.4 is 5.32 Å². The van der Waals surface area contributed by atoms with Crippen LogP contribution in [-0.4, -0.2) is 32.6 Å². The molecule has 2 aromatic rings. The fourth-order valence-electron chi connectivity index (χ4n) is 3.30. The minimum Gasteiger partial charge on any atom is -0.444 e. The quantitative estimate of drug-likeness (QED) is 0.844. The van der Waals surface area contributed by atoms with Crippen molar-refractivity contribution in [3.05, 3.63) is 46.8 Å². The Morgan fingerprint density at radius 3 is 2.52 bits per heavy atom. The van der Waals surface area contributed by atoms with E-state index in [2.05, 4.69) is 47.3 Å². The van der Waals surface area contributed by atoms with Gasteiger partial charge in [0.1, 0.15) is 5.60 Å². The maximum Gasteiger partial charge on any atom is 0.410 e. The standard InChI is InChI=1S/C21H28N4O2/c1-13-7-14(2)9-17(8-13)23-19-22-11-16-10-15(3)25(12-18(16)24-19)20(26)27-21(4,5)6/h7-9,11,15H,10,12H2,1-6H3,(H,22,23,24). The molecule has 1 aliphatic heterocycles. The minimum atomic E-state index is -0.515. The van der Waals surface area contributed by atoms with Crippen molar-refractivity contribution >= 4 is 17.7 Å². The number of fused-ring (bicyclic) bond motifs is 1. The first kappa shape index (κ1) is 19.1. The van der Waals surface area contributed by atoms with Crippen LogP contribution in [0.1, 0.15) is 50.1 Å². The van der Waals surface area contributed by atoms with Crippen molar-refractivity contribution in [2.24, 2.45) is 0 Å². The van der Waals surface area contributed by atoms with Gasteiger partial charge in [0.2, 0.25) is 5.95 Å². The van der Waals surface area contributed by atoms with Gasteiger partial charge in [0.05, 0.1) is 12.2 Å². The Kier molecular flexibility index (Phi) is 5.09. The van der Waals surface area contributed by atoms with Crippen molar-refractivity contribution in [3.63, 3.8) is 0 Å². The topological polar surface area (TPSA) is 67.4 Å². The molecule has 3 rings (SSSR count). The van der Waals surface area contributed by atoms with Crippen molar-refractivity contribution in [1.29, 1.82) is 0 Å². The molecule has 144 valence electrons. The summed E-state index contributed by atoms with van der Waals surface area (Å²) >= 11 is 0. The lowest BCUT2D eigenvalue weighted by Gasteiger charge is -2.35. The summed E-state index contributed by atoms with van der Waals surface area (Å²) in [6, 6.07) is 6.29. The van der Waals surface area contributed by atoms with Gasteiger partial charge in [-0.2, -0.15) is 0 Å². The van der Waals surface area contributed by atoms with E-state index in [1.165, 1.54) is 11.1 Å². The molecule has 6 heteroatoms. The van der Waals surface area contributed by atoms with Crippen LogP contribution in [0.4, 0.5) is 16.4 Å². The zero-order valence-electron chi connectivity index (χ0n) is 17.0. The van der Waals surface area contributed by atoms with E-state index in [0.717, 1.165) is 23.4 Å². The van der Waals surface area contributed by atoms with Gasteiger partial charge in [-0.3, -0.25) is 4.90 Å². The first-order chi connectivity index (χ1) is 12.6. The molecule has 1 aromatic heterocycles. The van der Waals surface area contributed by atoms with Gasteiger partial charge in [-0.1, -0.05) is 6.07 Å². The number of hydrogen-bond donors (Lipinski definition) is 1. The number of aromatic nitrogens is 2. The highest BCUT2D eigenvalue weighted by molar-refractivity contribution is 5.69. The number of nitrogens with zero attached hydrogens (tertiary/aromatic N) is 3. The molecule has 27 heavy (non-hydrogen) atoms. The van der Waals surface area contributed by atoms with Gasteiger partial charge >= 0.3 is 6.09 Å². The lowest BCUT2D eigenvalue weighted by Crippen LogP contribution is -2.45. The fourth-order valence-corrected chi connectivity index (χ4v) is 3.30. The Morgan fingerprint density at radius 2 is 1.89 bits per heavy atom. The van der Waals surface area contributed by atoms with Crippen molar-refractivity contribution < 1.29 is 9.53 Å². The van der Waals surface area contributed by atoms with E-state index >= 15 is 0 Å².